The predicted octanol–water partition coefficient (Wildman–Crippen LogP) is 5.44. The monoisotopic (exact) mass is 546 g/mol. The van der Waals surface area contributed by atoms with Gasteiger partial charge in [-0.3, -0.25) is 14.7 Å². The van der Waals surface area contributed by atoms with Crippen molar-refractivity contribution in [2.75, 3.05) is 33.4 Å². The second-order valence-corrected chi connectivity index (χ2v) is 10.1. The molecule has 0 saturated carbocycles. The molecule has 1 atom stereocenters. The standard InChI is InChI=1S/C29H33F3N2O5/c1-38-22-2-3-26-24(15-22)28(19(18-35)17-33-26)25(32)4-5-29(16-27(36)37)6-8-34(9-7-29)10-11-39-23-13-20(30)12-21(31)14-23/h2-3,12-15,17,25,35H,4-11,16,18H2,1H3,(H,36,37). The number of benzene rings is 2. The Balaban J connectivity index is 1.40. The number of carboxylic acid groups (broad SMARTS) is 1. The minimum Gasteiger partial charge on any atom is -0.497 e. The number of hydrogen-bond acceptors (Lipinski definition) is 6. The molecule has 39 heavy (non-hydrogen) atoms. The molecule has 7 nitrogen and oxygen atoms in total. The van der Waals surface area contributed by atoms with E-state index in [4.69, 9.17) is 9.47 Å². The number of fused-ring (bicyclic) bond motifs is 1. The average Bonchev–Trinajstić information content (AvgIpc) is 2.91. The van der Waals surface area contributed by atoms with E-state index in [0.29, 0.717) is 66.7 Å². The van der Waals surface area contributed by atoms with Crippen molar-refractivity contribution in [2.24, 2.45) is 5.41 Å². The molecule has 3 aromatic rings. The number of aliphatic hydroxyl groups is 1. The smallest absolute Gasteiger partial charge is 0.303 e. The number of aliphatic hydroxyl groups excluding tert-OH is 1. The van der Waals surface area contributed by atoms with Crippen LogP contribution in [0.1, 0.15) is 49.4 Å². The number of piperidine rings is 1. The fourth-order valence-electron chi connectivity index (χ4n) is 5.42. The first-order valence-electron chi connectivity index (χ1n) is 13.0. The molecule has 0 bridgehead atoms. The highest BCUT2D eigenvalue weighted by Crippen LogP contribution is 2.43. The van der Waals surface area contributed by atoms with Crippen LogP contribution >= 0.6 is 0 Å². The van der Waals surface area contributed by atoms with Gasteiger partial charge in [-0.1, -0.05) is 0 Å². The normalized spacial score (nSPS) is 16.2. The number of aliphatic carboxylic acids is 1. The van der Waals surface area contributed by atoms with Crippen molar-refractivity contribution in [1.29, 1.82) is 0 Å². The number of rotatable bonds is 12. The number of pyridine rings is 1. The maximum Gasteiger partial charge on any atom is 0.303 e. The van der Waals surface area contributed by atoms with E-state index in [1.807, 2.05) is 0 Å². The number of carbonyl (C=O) groups is 1. The van der Waals surface area contributed by atoms with Gasteiger partial charge in [0, 0.05) is 47.5 Å². The Morgan fingerprint density at radius 2 is 1.85 bits per heavy atom. The maximum absolute atomic E-state index is 15.9. The van der Waals surface area contributed by atoms with Crippen LogP contribution in [0.4, 0.5) is 13.2 Å². The number of likely N-dealkylation sites (tertiary alicyclic amines) is 1. The number of methoxy groups -OCH3 is 1. The van der Waals surface area contributed by atoms with Crippen LogP contribution in [0.3, 0.4) is 0 Å². The van der Waals surface area contributed by atoms with E-state index in [0.717, 1.165) is 18.2 Å². The zero-order valence-corrected chi connectivity index (χ0v) is 21.8. The lowest BCUT2D eigenvalue weighted by atomic mass is 9.71. The summed E-state index contributed by atoms with van der Waals surface area (Å²) in [6.07, 6.45) is 1.59. The largest absolute Gasteiger partial charge is 0.497 e. The van der Waals surface area contributed by atoms with E-state index in [1.54, 1.807) is 18.2 Å². The molecular weight excluding hydrogens is 513 g/mol. The molecule has 1 saturated heterocycles. The Morgan fingerprint density at radius 3 is 2.49 bits per heavy atom. The first kappa shape index (κ1) is 28.6. The summed E-state index contributed by atoms with van der Waals surface area (Å²) in [6.45, 7) is 1.57. The average molecular weight is 547 g/mol. The number of alkyl halides is 1. The molecule has 2 heterocycles. The third kappa shape index (κ3) is 7.19. The molecule has 2 aromatic carbocycles. The highest BCUT2D eigenvalue weighted by atomic mass is 19.1. The van der Waals surface area contributed by atoms with Crippen molar-refractivity contribution >= 4 is 16.9 Å². The number of hydrogen-bond donors (Lipinski definition) is 2. The molecule has 1 fully saturated rings. The van der Waals surface area contributed by atoms with E-state index in [2.05, 4.69) is 9.88 Å². The van der Waals surface area contributed by atoms with Crippen LogP contribution in [0.25, 0.3) is 10.9 Å². The zero-order chi connectivity index (χ0) is 28.0. The number of carboxylic acids is 1. The summed E-state index contributed by atoms with van der Waals surface area (Å²) >= 11 is 0. The summed E-state index contributed by atoms with van der Waals surface area (Å²) in [6, 6.07) is 8.20. The zero-order valence-electron chi connectivity index (χ0n) is 21.8. The SMILES string of the molecule is COc1ccc2ncc(CO)c(C(F)CCC3(CC(=O)O)CCN(CCOc4cc(F)cc(F)c4)CC3)c2c1. The molecule has 4 rings (SSSR count). The highest BCUT2D eigenvalue weighted by Gasteiger charge is 2.37. The van der Waals surface area contributed by atoms with Gasteiger partial charge < -0.3 is 19.7 Å². The minimum atomic E-state index is -1.42. The van der Waals surface area contributed by atoms with Gasteiger partial charge in [-0.2, -0.15) is 0 Å². The first-order valence-corrected chi connectivity index (χ1v) is 13.0. The highest BCUT2D eigenvalue weighted by molar-refractivity contribution is 5.85. The molecule has 0 amide bonds. The molecular formula is C29H33F3N2O5. The van der Waals surface area contributed by atoms with Crippen molar-refractivity contribution in [3.63, 3.8) is 0 Å². The third-order valence-electron chi connectivity index (χ3n) is 7.57. The van der Waals surface area contributed by atoms with Crippen LogP contribution < -0.4 is 9.47 Å². The topological polar surface area (TPSA) is 92.1 Å². The molecule has 210 valence electrons. The maximum atomic E-state index is 15.9. The first-order chi connectivity index (χ1) is 18.7. The lowest BCUT2D eigenvalue weighted by molar-refractivity contribution is -0.141. The predicted molar refractivity (Wildman–Crippen MR) is 140 cm³/mol. The van der Waals surface area contributed by atoms with Crippen molar-refractivity contribution < 1.29 is 37.7 Å². The summed E-state index contributed by atoms with van der Waals surface area (Å²) < 4.78 is 53.4. The summed E-state index contributed by atoms with van der Waals surface area (Å²) in [5.41, 5.74) is 0.764. The van der Waals surface area contributed by atoms with Gasteiger partial charge >= 0.3 is 5.97 Å². The lowest BCUT2D eigenvalue weighted by Gasteiger charge is -2.41. The van der Waals surface area contributed by atoms with E-state index in [-0.39, 0.29) is 31.8 Å². The number of nitrogens with zero attached hydrogens (tertiary/aromatic N) is 2. The van der Waals surface area contributed by atoms with Gasteiger partial charge in [0.25, 0.3) is 0 Å². The Morgan fingerprint density at radius 1 is 1.13 bits per heavy atom. The minimum absolute atomic E-state index is 0.0651. The van der Waals surface area contributed by atoms with E-state index in [9.17, 15) is 23.8 Å². The second-order valence-electron chi connectivity index (χ2n) is 10.1. The van der Waals surface area contributed by atoms with Gasteiger partial charge in [0.05, 0.1) is 25.7 Å². The van der Waals surface area contributed by atoms with Gasteiger partial charge in [0.15, 0.2) is 0 Å². The van der Waals surface area contributed by atoms with Crippen LogP contribution in [0.5, 0.6) is 11.5 Å². The molecule has 2 N–H and O–H groups in total. The van der Waals surface area contributed by atoms with Crippen LogP contribution in [0, 0.1) is 17.0 Å². The number of ether oxygens (including phenoxy) is 2. The molecule has 0 aliphatic carbocycles. The number of halogens is 3. The second kappa shape index (κ2) is 12.7. The third-order valence-corrected chi connectivity index (χ3v) is 7.57. The Hall–Kier alpha value is -3.37. The van der Waals surface area contributed by atoms with Crippen LogP contribution in [-0.4, -0.2) is 59.4 Å². The molecule has 0 radical (unpaired) electrons. The molecule has 1 aromatic heterocycles. The quantitative estimate of drug-likeness (QED) is 0.313. The fourth-order valence-corrected chi connectivity index (χ4v) is 5.42. The van der Waals surface area contributed by atoms with Gasteiger partial charge in [-0.05, 0) is 62.4 Å². The van der Waals surface area contributed by atoms with E-state index < -0.39 is 29.2 Å². The van der Waals surface area contributed by atoms with E-state index in [1.165, 1.54) is 13.3 Å². The lowest BCUT2D eigenvalue weighted by Crippen LogP contribution is -2.42. The molecule has 0 spiro atoms. The van der Waals surface area contributed by atoms with Gasteiger partial charge in [0.2, 0.25) is 0 Å². The van der Waals surface area contributed by atoms with Crippen LogP contribution in [-0.2, 0) is 11.4 Å². The molecule has 1 unspecified atom stereocenters. The molecule has 1 aliphatic rings. The Labute approximate surface area is 225 Å². The molecule has 10 heteroatoms. The van der Waals surface area contributed by atoms with E-state index >= 15 is 4.39 Å². The molecule has 1 aliphatic heterocycles. The fraction of sp³-hybridized carbons (Fsp3) is 0.448. The Bertz CT molecular complexity index is 1270. The van der Waals surface area contributed by atoms with Crippen molar-refractivity contribution in [2.45, 2.75) is 44.9 Å². The summed E-state index contributed by atoms with van der Waals surface area (Å²) in [4.78, 5) is 18.2. The van der Waals surface area contributed by atoms with Gasteiger partial charge in [-0.25, -0.2) is 13.2 Å². The van der Waals surface area contributed by atoms with Crippen molar-refractivity contribution in [3.8, 4) is 11.5 Å². The van der Waals surface area contributed by atoms with Crippen molar-refractivity contribution in [1.82, 2.24) is 9.88 Å². The van der Waals surface area contributed by atoms with Gasteiger partial charge in [-0.15, -0.1) is 0 Å². The van der Waals surface area contributed by atoms with Gasteiger partial charge in [0.1, 0.15) is 35.9 Å². The number of aromatic nitrogens is 1. The van der Waals surface area contributed by atoms with Crippen molar-refractivity contribution in [3.05, 3.63) is 65.4 Å². The van der Waals surface area contributed by atoms with Crippen LogP contribution in [0.15, 0.2) is 42.6 Å². The summed E-state index contributed by atoms with van der Waals surface area (Å²) in [5.74, 6) is -1.68. The summed E-state index contributed by atoms with van der Waals surface area (Å²) in [5, 5.41) is 20.1. The van der Waals surface area contributed by atoms with Crippen LogP contribution in [0.2, 0.25) is 0 Å². The Kier molecular flexibility index (Phi) is 9.29. The summed E-state index contributed by atoms with van der Waals surface area (Å²) in [7, 11) is 1.52.